The highest BCUT2D eigenvalue weighted by Crippen LogP contribution is 2.46. The van der Waals surface area contributed by atoms with E-state index in [9.17, 15) is 4.79 Å². The number of pyridine rings is 1. The van der Waals surface area contributed by atoms with Crippen LogP contribution in [0.3, 0.4) is 0 Å². The van der Waals surface area contributed by atoms with E-state index in [4.69, 9.17) is 9.72 Å². The molecule has 1 saturated carbocycles. The summed E-state index contributed by atoms with van der Waals surface area (Å²) >= 11 is 1.66. The maximum atomic E-state index is 13.1. The Balaban J connectivity index is 1.31. The zero-order valence-electron chi connectivity index (χ0n) is 17.4. The SMILES string of the molecule is O=C(Nc1cc2sc(N3CCOCC3)nc2cc1C1CC1)c1cccc(-c2ccn[nH]2)n1. The predicted molar refractivity (Wildman–Crippen MR) is 124 cm³/mol. The fourth-order valence-corrected chi connectivity index (χ4v) is 5.04. The van der Waals surface area contributed by atoms with Gasteiger partial charge in [0.25, 0.3) is 5.91 Å². The summed E-state index contributed by atoms with van der Waals surface area (Å²) in [5, 5.41) is 11.0. The van der Waals surface area contributed by atoms with Crippen molar-refractivity contribution < 1.29 is 9.53 Å². The molecule has 1 aliphatic carbocycles. The second-order valence-electron chi connectivity index (χ2n) is 8.11. The van der Waals surface area contributed by atoms with Crippen LogP contribution in [0.1, 0.15) is 34.8 Å². The maximum absolute atomic E-state index is 13.1. The summed E-state index contributed by atoms with van der Waals surface area (Å²) in [6, 6.07) is 11.5. The van der Waals surface area contributed by atoms with Gasteiger partial charge in [-0.15, -0.1) is 0 Å². The first-order valence-electron chi connectivity index (χ1n) is 10.8. The number of amides is 1. The zero-order chi connectivity index (χ0) is 21.5. The molecule has 1 amide bonds. The average Bonchev–Trinajstić information content (AvgIpc) is 3.36. The van der Waals surface area contributed by atoms with Crippen LogP contribution in [0.15, 0.2) is 42.6 Å². The largest absolute Gasteiger partial charge is 0.378 e. The molecule has 4 aromatic rings. The van der Waals surface area contributed by atoms with Gasteiger partial charge in [0, 0.05) is 25.0 Å². The number of H-pyrrole nitrogens is 1. The van der Waals surface area contributed by atoms with Crippen molar-refractivity contribution in [3.63, 3.8) is 0 Å². The Labute approximate surface area is 188 Å². The molecule has 32 heavy (non-hydrogen) atoms. The van der Waals surface area contributed by atoms with Crippen molar-refractivity contribution in [1.29, 1.82) is 0 Å². The van der Waals surface area contributed by atoms with Crippen molar-refractivity contribution in [1.82, 2.24) is 20.2 Å². The van der Waals surface area contributed by atoms with Crippen LogP contribution in [-0.4, -0.2) is 52.4 Å². The van der Waals surface area contributed by atoms with E-state index in [1.54, 1.807) is 23.6 Å². The first kappa shape index (κ1) is 19.4. The number of carbonyl (C=O) groups is 1. The minimum atomic E-state index is -0.217. The molecule has 162 valence electrons. The molecule has 1 saturated heterocycles. The molecule has 4 heterocycles. The fourth-order valence-electron chi connectivity index (χ4n) is 4.00. The van der Waals surface area contributed by atoms with E-state index in [0.717, 1.165) is 71.4 Å². The average molecular weight is 447 g/mol. The normalized spacial score (nSPS) is 16.4. The standard InChI is InChI=1S/C23H22N6O2S/c30-22(18-3-1-2-16(25-18)17-6-7-24-28-17)26-19-13-21-20(12-15(19)14-4-5-14)27-23(32-21)29-8-10-31-11-9-29/h1-3,6-7,12-14H,4-5,8-11H2,(H,24,28)(H,26,30). The number of nitrogens with one attached hydrogen (secondary N) is 2. The molecule has 3 aromatic heterocycles. The van der Waals surface area contributed by atoms with Gasteiger partial charge in [0.05, 0.1) is 34.8 Å². The van der Waals surface area contributed by atoms with E-state index in [2.05, 4.69) is 37.5 Å². The number of thiazole rings is 1. The Kier molecular flexibility index (Phi) is 4.84. The van der Waals surface area contributed by atoms with E-state index in [1.165, 1.54) is 0 Å². The van der Waals surface area contributed by atoms with Crippen molar-refractivity contribution >= 4 is 38.3 Å². The maximum Gasteiger partial charge on any atom is 0.274 e. The predicted octanol–water partition coefficient (Wildman–Crippen LogP) is 4.05. The van der Waals surface area contributed by atoms with Gasteiger partial charge in [-0.25, -0.2) is 9.97 Å². The van der Waals surface area contributed by atoms with Gasteiger partial charge in [0.15, 0.2) is 5.13 Å². The molecule has 9 heteroatoms. The van der Waals surface area contributed by atoms with E-state index >= 15 is 0 Å². The number of rotatable bonds is 5. The Morgan fingerprint density at radius 3 is 2.81 bits per heavy atom. The van der Waals surface area contributed by atoms with E-state index in [1.807, 2.05) is 18.2 Å². The lowest BCUT2D eigenvalue weighted by atomic mass is 10.1. The van der Waals surface area contributed by atoms with Crippen LogP contribution in [0.2, 0.25) is 0 Å². The van der Waals surface area contributed by atoms with Gasteiger partial charge in [0.1, 0.15) is 5.69 Å². The summed E-state index contributed by atoms with van der Waals surface area (Å²) in [6.45, 7) is 3.18. The Morgan fingerprint density at radius 2 is 2.03 bits per heavy atom. The number of nitrogens with zero attached hydrogens (tertiary/aromatic N) is 4. The number of ether oxygens (including phenoxy) is 1. The molecule has 0 radical (unpaired) electrons. The summed E-state index contributed by atoms with van der Waals surface area (Å²) in [6.07, 6.45) is 3.95. The molecule has 2 N–H and O–H groups in total. The molecule has 0 spiro atoms. The minimum Gasteiger partial charge on any atom is -0.378 e. The summed E-state index contributed by atoms with van der Waals surface area (Å²) in [5.74, 6) is 0.262. The van der Waals surface area contributed by atoms with Crippen LogP contribution in [0.5, 0.6) is 0 Å². The molecule has 0 unspecified atom stereocenters. The van der Waals surface area contributed by atoms with Gasteiger partial charge >= 0.3 is 0 Å². The van der Waals surface area contributed by atoms with Crippen molar-refractivity contribution in [3.05, 3.63) is 53.9 Å². The van der Waals surface area contributed by atoms with Crippen LogP contribution in [0, 0.1) is 0 Å². The molecular weight excluding hydrogens is 424 g/mol. The van der Waals surface area contributed by atoms with Gasteiger partial charge in [-0.2, -0.15) is 5.10 Å². The first-order valence-corrected chi connectivity index (χ1v) is 11.6. The summed E-state index contributed by atoms with van der Waals surface area (Å²) in [5.41, 5.74) is 4.85. The van der Waals surface area contributed by atoms with Gasteiger partial charge in [-0.1, -0.05) is 17.4 Å². The van der Waals surface area contributed by atoms with Crippen molar-refractivity contribution in [3.8, 4) is 11.4 Å². The lowest BCUT2D eigenvalue weighted by molar-refractivity contribution is 0.102. The summed E-state index contributed by atoms with van der Waals surface area (Å²) in [7, 11) is 0. The third-order valence-corrected chi connectivity index (χ3v) is 6.93. The molecular formula is C23H22N6O2S. The van der Waals surface area contributed by atoms with Crippen LogP contribution in [-0.2, 0) is 4.74 Å². The van der Waals surface area contributed by atoms with E-state index in [0.29, 0.717) is 17.3 Å². The smallest absolute Gasteiger partial charge is 0.274 e. The van der Waals surface area contributed by atoms with Gasteiger partial charge in [-0.3, -0.25) is 9.89 Å². The number of aromatic amines is 1. The number of carbonyl (C=O) groups excluding carboxylic acids is 1. The molecule has 0 bridgehead atoms. The van der Waals surface area contributed by atoms with Gasteiger partial charge in [0.2, 0.25) is 0 Å². The Hall–Kier alpha value is -3.30. The molecule has 2 aliphatic rings. The molecule has 1 aromatic carbocycles. The lowest BCUT2D eigenvalue weighted by Gasteiger charge is -2.25. The number of hydrogen-bond acceptors (Lipinski definition) is 7. The van der Waals surface area contributed by atoms with Crippen LogP contribution in [0.4, 0.5) is 10.8 Å². The number of anilines is 2. The van der Waals surface area contributed by atoms with E-state index < -0.39 is 0 Å². The van der Waals surface area contributed by atoms with Crippen LogP contribution >= 0.6 is 11.3 Å². The highest BCUT2D eigenvalue weighted by Gasteiger charge is 2.28. The zero-order valence-corrected chi connectivity index (χ0v) is 18.2. The molecule has 8 nitrogen and oxygen atoms in total. The Morgan fingerprint density at radius 1 is 1.16 bits per heavy atom. The highest BCUT2D eigenvalue weighted by molar-refractivity contribution is 7.22. The van der Waals surface area contributed by atoms with Crippen molar-refractivity contribution in [2.24, 2.45) is 0 Å². The highest BCUT2D eigenvalue weighted by atomic mass is 32.1. The topological polar surface area (TPSA) is 96.0 Å². The molecule has 1 aliphatic heterocycles. The second kappa shape index (κ2) is 7.99. The van der Waals surface area contributed by atoms with E-state index in [-0.39, 0.29) is 5.91 Å². The van der Waals surface area contributed by atoms with Crippen molar-refractivity contribution in [2.45, 2.75) is 18.8 Å². The van der Waals surface area contributed by atoms with Gasteiger partial charge < -0.3 is 15.0 Å². The number of morpholine rings is 1. The number of fused-ring (bicyclic) bond motifs is 1. The quantitative estimate of drug-likeness (QED) is 0.480. The van der Waals surface area contributed by atoms with Crippen LogP contribution < -0.4 is 10.2 Å². The van der Waals surface area contributed by atoms with Crippen LogP contribution in [0.25, 0.3) is 21.6 Å². The first-order chi connectivity index (χ1) is 15.7. The number of hydrogen-bond donors (Lipinski definition) is 2. The fraction of sp³-hybridized carbons (Fsp3) is 0.304. The summed E-state index contributed by atoms with van der Waals surface area (Å²) < 4.78 is 6.54. The minimum absolute atomic E-state index is 0.217. The monoisotopic (exact) mass is 446 g/mol. The molecule has 0 atom stereocenters. The number of aromatic nitrogens is 4. The molecule has 2 fully saturated rings. The Bertz CT molecular complexity index is 1280. The second-order valence-corrected chi connectivity index (χ2v) is 9.12. The van der Waals surface area contributed by atoms with Gasteiger partial charge in [-0.05, 0) is 54.7 Å². The molecule has 6 rings (SSSR count). The summed E-state index contributed by atoms with van der Waals surface area (Å²) in [4.78, 5) is 24.8. The van der Waals surface area contributed by atoms with Crippen molar-refractivity contribution in [2.75, 3.05) is 36.5 Å². The third-order valence-electron chi connectivity index (χ3n) is 5.85. The third kappa shape index (κ3) is 3.74. The number of benzene rings is 1. The lowest BCUT2D eigenvalue weighted by Crippen LogP contribution is -2.36.